The van der Waals surface area contributed by atoms with Gasteiger partial charge in [0.1, 0.15) is 5.75 Å². The van der Waals surface area contributed by atoms with E-state index in [2.05, 4.69) is 22.8 Å². The Labute approximate surface area is 199 Å². The molecule has 3 aromatic carbocycles. The molecule has 4 rings (SSSR count). The van der Waals surface area contributed by atoms with E-state index in [1.165, 1.54) is 0 Å². The van der Waals surface area contributed by atoms with Gasteiger partial charge in [0, 0.05) is 16.1 Å². The topological polar surface area (TPSA) is 67.4 Å². The Kier molecular flexibility index (Phi) is 6.99. The highest BCUT2D eigenvalue weighted by atomic mass is 35.5. The average Bonchev–Trinajstić information content (AvgIpc) is 3.30. The number of anilines is 1. The quantitative estimate of drug-likeness (QED) is 0.440. The van der Waals surface area contributed by atoms with Gasteiger partial charge in [-0.3, -0.25) is 9.59 Å². The van der Waals surface area contributed by atoms with E-state index in [-0.39, 0.29) is 17.4 Å². The molecule has 170 valence electrons. The van der Waals surface area contributed by atoms with E-state index in [0.29, 0.717) is 34.2 Å². The number of hydrogen-bond donors (Lipinski definition) is 2. The van der Waals surface area contributed by atoms with Crippen LogP contribution in [0.1, 0.15) is 58.9 Å². The lowest BCUT2D eigenvalue weighted by Gasteiger charge is -2.31. The van der Waals surface area contributed by atoms with E-state index in [1.807, 2.05) is 25.1 Å². The van der Waals surface area contributed by atoms with Gasteiger partial charge in [0.2, 0.25) is 0 Å². The van der Waals surface area contributed by atoms with Crippen molar-refractivity contribution in [3.8, 4) is 5.75 Å². The fourth-order valence-corrected chi connectivity index (χ4v) is 4.57. The molecule has 0 bridgehead atoms. The van der Waals surface area contributed by atoms with E-state index < -0.39 is 0 Å². The van der Waals surface area contributed by atoms with Gasteiger partial charge in [0.15, 0.2) is 0 Å². The second-order valence-corrected chi connectivity index (χ2v) is 8.65. The Hall–Kier alpha value is -3.31. The molecule has 0 aromatic heterocycles. The van der Waals surface area contributed by atoms with Crippen molar-refractivity contribution in [2.45, 2.75) is 38.1 Å². The van der Waals surface area contributed by atoms with Gasteiger partial charge in [-0.1, -0.05) is 60.8 Å². The van der Waals surface area contributed by atoms with E-state index in [4.69, 9.17) is 16.3 Å². The van der Waals surface area contributed by atoms with E-state index in [9.17, 15) is 9.59 Å². The summed E-state index contributed by atoms with van der Waals surface area (Å²) in [6.07, 6.45) is 3.98. The fourth-order valence-electron chi connectivity index (χ4n) is 4.38. The van der Waals surface area contributed by atoms with Crippen LogP contribution < -0.4 is 15.4 Å². The maximum absolute atomic E-state index is 13.3. The first kappa shape index (κ1) is 22.9. The van der Waals surface area contributed by atoms with Crippen molar-refractivity contribution in [1.29, 1.82) is 0 Å². The zero-order valence-electron chi connectivity index (χ0n) is 18.6. The molecule has 0 spiro atoms. The third-order valence-corrected chi connectivity index (χ3v) is 6.25. The molecule has 6 heteroatoms. The Morgan fingerprint density at radius 1 is 0.909 bits per heavy atom. The van der Waals surface area contributed by atoms with Crippen LogP contribution in [0.25, 0.3) is 0 Å². The molecule has 5 nitrogen and oxygen atoms in total. The smallest absolute Gasteiger partial charge is 0.255 e. The molecular weight excluding hydrogens is 436 g/mol. The van der Waals surface area contributed by atoms with Gasteiger partial charge in [-0.15, -0.1) is 0 Å². The predicted octanol–water partition coefficient (Wildman–Crippen LogP) is 6.19. The molecular formula is C27H27ClN2O3. The standard InChI is InChI=1S/C27H27ClN2O3/c1-2-33-24-18-20(13-14-23(24)29-25(31)19-9-8-12-22(28)17-19)26(32)30-27(15-6-7-16-27)21-10-4-3-5-11-21/h3-5,8-14,17-18H,2,6-7,15-16H2,1H3,(H,29,31)(H,30,32). The van der Waals surface area contributed by atoms with Gasteiger partial charge in [0.25, 0.3) is 11.8 Å². The molecule has 2 amide bonds. The summed E-state index contributed by atoms with van der Waals surface area (Å²) in [7, 11) is 0. The first-order chi connectivity index (χ1) is 16.0. The van der Waals surface area contributed by atoms with Gasteiger partial charge in [-0.25, -0.2) is 0 Å². The molecule has 1 saturated carbocycles. The fraction of sp³-hybridized carbons (Fsp3) is 0.259. The molecule has 0 unspecified atom stereocenters. The number of rotatable bonds is 7. The van der Waals surface area contributed by atoms with Crippen molar-refractivity contribution in [3.63, 3.8) is 0 Å². The van der Waals surface area contributed by atoms with Gasteiger partial charge in [-0.2, -0.15) is 0 Å². The van der Waals surface area contributed by atoms with Gasteiger partial charge in [0.05, 0.1) is 17.8 Å². The molecule has 1 aliphatic carbocycles. The third-order valence-electron chi connectivity index (χ3n) is 6.01. The van der Waals surface area contributed by atoms with E-state index in [1.54, 1.807) is 42.5 Å². The Balaban J connectivity index is 1.56. The molecule has 2 N–H and O–H groups in total. The normalized spacial score (nSPS) is 14.5. The minimum absolute atomic E-state index is 0.158. The second-order valence-electron chi connectivity index (χ2n) is 8.22. The Morgan fingerprint density at radius 2 is 1.64 bits per heavy atom. The highest BCUT2D eigenvalue weighted by Gasteiger charge is 2.37. The highest BCUT2D eigenvalue weighted by Crippen LogP contribution is 2.39. The Bertz CT molecular complexity index is 1140. The van der Waals surface area contributed by atoms with Gasteiger partial charge < -0.3 is 15.4 Å². The van der Waals surface area contributed by atoms with E-state index >= 15 is 0 Å². The van der Waals surface area contributed by atoms with Crippen LogP contribution in [0.15, 0.2) is 72.8 Å². The summed E-state index contributed by atoms with van der Waals surface area (Å²) in [6, 6.07) is 22.0. The number of carbonyl (C=O) groups excluding carboxylic acids is 2. The summed E-state index contributed by atoms with van der Waals surface area (Å²) in [5.41, 5.74) is 2.20. The van der Waals surface area contributed by atoms with Crippen LogP contribution in [0.4, 0.5) is 5.69 Å². The van der Waals surface area contributed by atoms with Crippen LogP contribution in [0.2, 0.25) is 5.02 Å². The SMILES string of the molecule is CCOc1cc(C(=O)NC2(c3ccccc3)CCCC2)ccc1NC(=O)c1cccc(Cl)c1. The predicted molar refractivity (Wildman–Crippen MR) is 131 cm³/mol. The maximum atomic E-state index is 13.3. The van der Waals surface area contributed by atoms with Crippen LogP contribution in [-0.4, -0.2) is 18.4 Å². The molecule has 1 aliphatic rings. The first-order valence-electron chi connectivity index (χ1n) is 11.2. The molecule has 0 heterocycles. The molecule has 0 radical (unpaired) electrons. The summed E-state index contributed by atoms with van der Waals surface area (Å²) in [5, 5.41) is 6.63. The van der Waals surface area contributed by atoms with Crippen LogP contribution in [0, 0.1) is 0 Å². The minimum Gasteiger partial charge on any atom is -0.492 e. The second kappa shape index (κ2) is 10.1. The highest BCUT2D eigenvalue weighted by molar-refractivity contribution is 6.31. The van der Waals surface area contributed by atoms with E-state index in [0.717, 1.165) is 31.2 Å². The lowest BCUT2D eigenvalue weighted by molar-refractivity contribution is 0.0897. The van der Waals surface area contributed by atoms with Crippen molar-refractivity contribution in [2.75, 3.05) is 11.9 Å². The summed E-state index contributed by atoms with van der Waals surface area (Å²) in [5.74, 6) is -0.0141. The first-order valence-corrected chi connectivity index (χ1v) is 11.6. The molecule has 0 saturated heterocycles. The average molecular weight is 463 g/mol. The number of hydrogen-bond acceptors (Lipinski definition) is 3. The van der Waals surface area contributed by atoms with Crippen molar-refractivity contribution >= 4 is 29.1 Å². The largest absolute Gasteiger partial charge is 0.492 e. The molecule has 33 heavy (non-hydrogen) atoms. The molecule has 0 aliphatic heterocycles. The number of amides is 2. The number of halogens is 1. The minimum atomic E-state index is -0.358. The Morgan fingerprint density at radius 3 is 2.33 bits per heavy atom. The van der Waals surface area contributed by atoms with Gasteiger partial charge >= 0.3 is 0 Å². The zero-order valence-corrected chi connectivity index (χ0v) is 19.3. The monoisotopic (exact) mass is 462 g/mol. The van der Waals surface area contributed by atoms with Crippen molar-refractivity contribution in [2.24, 2.45) is 0 Å². The maximum Gasteiger partial charge on any atom is 0.255 e. The number of benzene rings is 3. The number of nitrogens with one attached hydrogen (secondary N) is 2. The molecule has 1 fully saturated rings. The summed E-state index contributed by atoms with van der Waals surface area (Å²) < 4.78 is 5.75. The number of carbonyl (C=O) groups is 2. The lowest BCUT2D eigenvalue weighted by Crippen LogP contribution is -2.43. The van der Waals surface area contributed by atoms with Crippen LogP contribution in [0.3, 0.4) is 0 Å². The zero-order chi connectivity index (χ0) is 23.3. The summed E-state index contributed by atoms with van der Waals surface area (Å²) in [6.45, 7) is 2.26. The van der Waals surface area contributed by atoms with Crippen molar-refractivity contribution < 1.29 is 14.3 Å². The lowest BCUT2D eigenvalue weighted by atomic mass is 9.88. The third kappa shape index (κ3) is 5.20. The van der Waals surface area contributed by atoms with Crippen LogP contribution >= 0.6 is 11.6 Å². The van der Waals surface area contributed by atoms with Crippen molar-refractivity contribution in [1.82, 2.24) is 5.32 Å². The summed E-state index contributed by atoms with van der Waals surface area (Å²) >= 11 is 6.00. The van der Waals surface area contributed by atoms with Crippen LogP contribution in [-0.2, 0) is 5.54 Å². The molecule has 3 aromatic rings. The van der Waals surface area contributed by atoms with Gasteiger partial charge in [-0.05, 0) is 61.7 Å². The number of ether oxygens (including phenoxy) is 1. The molecule has 0 atom stereocenters. The summed E-state index contributed by atoms with van der Waals surface area (Å²) in [4.78, 5) is 25.9. The van der Waals surface area contributed by atoms with Crippen molar-refractivity contribution in [3.05, 3.63) is 94.5 Å². The van der Waals surface area contributed by atoms with Crippen LogP contribution in [0.5, 0.6) is 5.75 Å².